The van der Waals surface area contributed by atoms with Crippen LogP contribution in [-0.4, -0.2) is 35.5 Å². The zero-order chi connectivity index (χ0) is 25.2. The first-order valence-corrected chi connectivity index (χ1v) is 12.4. The van der Waals surface area contributed by atoms with E-state index in [1.807, 2.05) is 16.7 Å². The molecule has 2 heterocycles. The number of rotatable bonds is 9. The van der Waals surface area contributed by atoms with Crippen molar-refractivity contribution >= 4 is 41.7 Å². The van der Waals surface area contributed by atoms with E-state index in [-0.39, 0.29) is 24.7 Å². The number of phenols is 1. The van der Waals surface area contributed by atoms with Crippen molar-refractivity contribution in [1.82, 2.24) is 14.5 Å². The number of carbonyl (C=O) groups excluding carboxylic acids is 1. The van der Waals surface area contributed by atoms with Crippen molar-refractivity contribution in [3.8, 4) is 11.5 Å². The average molecular weight is 497 g/mol. The summed E-state index contributed by atoms with van der Waals surface area (Å²) in [6, 6.07) is 9.92. The second kappa shape index (κ2) is 9.85. The van der Waals surface area contributed by atoms with Gasteiger partial charge in [-0.15, -0.1) is 0 Å². The van der Waals surface area contributed by atoms with E-state index in [0.717, 1.165) is 23.8 Å². The number of aromatic nitrogens is 3. The van der Waals surface area contributed by atoms with Gasteiger partial charge in [0.15, 0.2) is 17.3 Å². The number of nitrogen functional groups attached to an aromatic ring is 1. The number of hydrogen-bond acceptors (Lipinski definition) is 8. The summed E-state index contributed by atoms with van der Waals surface area (Å²) in [4.78, 5) is 42.1. The summed E-state index contributed by atoms with van der Waals surface area (Å²) < 4.78 is 18.3. The predicted octanol–water partition coefficient (Wildman–Crippen LogP) is 3.57. The molecule has 0 atom stereocenters. The molecule has 0 aliphatic rings. The molecule has 0 unspecified atom stereocenters. The number of phosphoric acid groups is 1. The van der Waals surface area contributed by atoms with Crippen LogP contribution in [0.15, 0.2) is 41.4 Å². The molecule has 2 aromatic carbocycles. The number of fused-ring (bicyclic) bond motifs is 3. The SMILES string of the molecule is CCCCc1nc2c(N)nc3cc(CN=C=O)ccc3c2n1Cc1cccc(O)c1OP(=O)(O)O. The first-order valence-electron chi connectivity index (χ1n) is 10.9. The van der Waals surface area contributed by atoms with Crippen LogP contribution in [0.4, 0.5) is 5.82 Å². The minimum Gasteiger partial charge on any atom is -0.504 e. The van der Waals surface area contributed by atoms with Crippen molar-refractivity contribution in [3.05, 3.63) is 53.3 Å². The van der Waals surface area contributed by atoms with Crippen molar-refractivity contribution in [3.63, 3.8) is 0 Å². The van der Waals surface area contributed by atoms with E-state index in [1.165, 1.54) is 12.1 Å². The van der Waals surface area contributed by atoms with E-state index in [2.05, 4.69) is 16.9 Å². The third kappa shape index (κ3) is 5.18. The summed E-state index contributed by atoms with van der Waals surface area (Å²) in [5.41, 5.74) is 9.16. The highest BCUT2D eigenvalue weighted by Gasteiger charge is 2.24. The summed E-state index contributed by atoms with van der Waals surface area (Å²) in [6.07, 6.45) is 3.93. The van der Waals surface area contributed by atoms with Crippen molar-refractivity contribution in [2.75, 3.05) is 5.73 Å². The first kappa shape index (κ1) is 24.4. The minimum atomic E-state index is -4.92. The zero-order valence-electron chi connectivity index (χ0n) is 18.9. The normalized spacial score (nSPS) is 11.6. The van der Waals surface area contributed by atoms with Crippen LogP contribution in [-0.2, 0) is 28.9 Å². The van der Waals surface area contributed by atoms with Crippen LogP contribution in [0.5, 0.6) is 11.5 Å². The maximum absolute atomic E-state index is 11.5. The maximum Gasteiger partial charge on any atom is 0.524 e. The third-order valence-electron chi connectivity index (χ3n) is 5.54. The summed E-state index contributed by atoms with van der Waals surface area (Å²) in [7, 11) is -4.92. The number of aryl methyl sites for hydroxylation is 1. The number of unbranched alkanes of at least 4 members (excludes halogenated alkanes) is 1. The lowest BCUT2D eigenvalue weighted by Crippen LogP contribution is -2.07. The van der Waals surface area contributed by atoms with E-state index >= 15 is 0 Å². The number of benzene rings is 2. The smallest absolute Gasteiger partial charge is 0.504 e. The van der Waals surface area contributed by atoms with Crippen molar-refractivity contribution < 1.29 is 28.8 Å². The number of para-hydroxylation sites is 1. The number of anilines is 1. The number of phenolic OH excluding ortho intramolecular Hbond substituents is 1. The average Bonchev–Trinajstić information content (AvgIpc) is 3.16. The molecule has 0 aliphatic carbocycles. The number of phosphoric ester groups is 1. The number of hydrogen-bond donors (Lipinski definition) is 4. The van der Waals surface area contributed by atoms with Crippen LogP contribution in [0, 0.1) is 0 Å². The molecule has 0 radical (unpaired) electrons. The van der Waals surface area contributed by atoms with Gasteiger partial charge in [-0.05, 0) is 24.1 Å². The number of pyridine rings is 1. The van der Waals surface area contributed by atoms with Gasteiger partial charge in [0, 0.05) is 17.4 Å². The van der Waals surface area contributed by atoms with E-state index in [4.69, 9.17) is 15.2 Å². The van der Waals surface area contributed by atoms with Crippen LogP contribution in [0.1, 0.15) is 36.7 Å². The summed E-state index contributed by atoms with van der Waals surface area (Å²) in [5.74, 6) is 0.242. The molecule has 4 rings (SSSR count). The Kier molecular flexibility index (Phi) is 6.86. The Balaban J connectivity index is 1.94. The molecule has 11 nitrogen and oxygen atoms in total. The van der Waals surface area contributed by atoms with Crippen molar-refractivity contribution in [1.29, 1.82) is 0 Å². The molecular formula is C23H24N5O6P. The predicted molar refractivity (Wildman–Crippen MR) is 130 cm³/mol. The van der Waals surface area contributed by atoms with Gasteiger partial charge in [-0.1, -0.05) is 37.6 Å². The van der Waals surface area contributed by atoms with E-state index in [0.29, 0.717) is 34.4 Å². The van der Waals surface area contributed by atoms with Gasteiger partial charge in [0.1, 0.15) is 11.3 Å². The molecule has 0 aliphatic heterocycles. The standard InChI is InChI=1S/C23H24N5O6P/c1-2-3-7-19-27-20-21(16-9-8-14(11-25-13-29)10-17(16)26-23(20)24)28(19)12-15-5-4-6-18(30)22(15)34-35(31,32)33/h4-6,8-10,30H,2-3,7,11-12H2,1H3,(H2,24,26)(H2,31,32,33). The molecule has 0 spiro atoms. The maximum atomic E-state index is 11.5. The molecule has 5 N–H and O–H groups in total. The molecular weight excluding hydrogens is 473 g/mol. The Morgan fingerprint density at radius 3 is 2.74 bits per heavy atom. The van der Waals surface area contributed by atoms with Crippen LogP contribution in [0.2, 0.25) is 0 Å². The molecule has 0 amide bonds. The quantitative estimate of drug-likeness (QED) is 0.153. The number of imidazole rings is 1. The molecule has 12 heteroatoms. The fourth-order valence-corrected chi connectivity index (χ4v) is 4.46. The monoisotopic (exact) mass is 497 g/mol. The molecule has 35 heavy (non-hydrogen) atoms. The van der Waals surface area contributed by atoms with Crippen molar-refractivity contribution in [2.24, 2.45) is 4.99 Å². The second-order valence-electron chi connectivity index (χ2n) is 8.02. The van der Waals surface area contributed by atoms with Gasteiger partial charge in [0.2, 0.25) is 6.08 Å². The Morgan fingerprint density at radius 2 is 2.03 bits per heavy atom. The van der Waals surface area contributed by atoms with Gasteiger partial charge < -0.3 is 19.9 Å². The lowest BCUT2D eigenvalue weighted by atomic mass is 10.1. The Morgan fingerprint density at radius 1 is 1.23 bits per heavy atom. The molecule has 0 saturated heterocycles. The highest BCUT2D eigenvalue weighted by molar-refractivity contribution is 7.46. The Bertz CT molecular complexity index is 1510. The third-order valence-corrected chi connectivity index (χ3v) is 5.96. The van der Waals surface area contributed by atoms with E-state index in [1.54, 1.807) is 18.2 Å². The Hall–Kier alpha value is -3.75. The van der Waals surface area contributed by atoms with Crippen LogP contribution in [0.3, 0.4) is 0 Å². The number of isocyanates is 1. The van der Waals surface area contributed by atoms with Gasteiger partial charge >= 0.3 is 7.82 Å². The first-order chi connectivity index (χ1) is 16.7. The van der Waals surface area contributed by atoms with Crippen LogP contribution < -0.4 is 10.3 Å². The molecule has 0 fully saturated rings. The fraction of sp³-hybridized carbons (Fsp3) is 0.261. The highest BCUT2D eigenvalue weighted by atomic mass is 31.2. The number of nitrogens with two attached hydrogens (primary N) is 1. The largest absolute Gasteiger partial charge is 0.524 e. The Labute approximate surface area is 200 Å². The van der Waals surface area contributed by atoms with E-state index < -0.39 is 13.6 Å². The van der Waals surface area contributed by atoms with Gasteiger partial charge in [0.05, 0.1) is 24.1 Å². The van der Waals surface area contributed by atoms with Crippen LogP contribution >= 0.6 is 7.82 Å². The summed E-state index contributed by atoms with van der Waals surface area (Å²) in [6.45, 7) is 2.32. The summed E-state index contributed by atoms with van der Waals surface area (Å²) >= 11 is 0. The second-order valence-corrected chi connectivity index (χ2v) is 9.18. The molecule has 182 valence electrons. The fourth-order valence-electron chi connectivity index (χ4n) is 4.01. The van der Waals surface area contributed by atoms with Gasteiger partial charge in [-0.2, -0.15) is 0 Å². The zero-order valence-corrected chi connectivity index (χ0v) is 19.8. The number of aliphatic imine (C=N–C) groups is 1. The van der Waals surface area contributed by atoms with E-state index in [9.17, 15) is 24.3 Å². The van der Waals surface area contributed by atoms with Gasteiger partial charge in [-0.25, -0.2) is 24.3 Å². The number of aromatic hydroxyl groups is 1. The molecule has 0 bridgehead atoms. The molecule has 2 aromatic heterocycles. The van der Waals surface area contributed by atoms with Gasteiger partial charge in [0.25, 0.3) is 0 Å². The lowest BCUT2D eigenvalue weighted by molar-refractivity contribution is 0.276. The molecule has 0 saturated carbocycles. The highest BCUT2D eigenvalue weighted by Crippen LogP contribution is 2.44. The minimum absolute atomic E-state index is 0.106. The molecule has 4 aromatic rings. The summed E-state index contributed by atoms with van der Waals surface area (Å²) in [5, 5.41) is 11.0. The van der Waals surface area contributed by atoms with Crippen LogP contribution in [0.25, 0.3) is 21.9 Å². The topological polar surface area (TPSA) is 173 Å². The van der Waals surface area contributed by atoms with Gasteiger partial charge in [-0.3, -0.25) is 9.79 Å². The van der Waals surface area contributed by atoms with Crippen molar-refractivity contribution in [2.45, 2.75) is 39.3 Å². The lowest BCUT2D eigenvalue weighted by Gasteiger charge is -2.16. The number of nitrogens with zero attached hydrogens (tertiary/aromatic N) is 4.